The Morgan fingerprint density at radius 2 is 1.85 bits per heavy atom. The molecule has 2 rings (SSSR count). The summed E-state index contributed by atoms with van der Waals surface area (Å²) in [4.78, 5) is 25.3. The smallest absolute Gasteiger partial charge is 0.217 e. The standard InChI is InChI=1S/C15H19IN2O2/c1-11(19)17-14-6-8-18(9-7-14)10-15(20)12-2-4-13(16)5-3-12/h2-5,14H,6-10H2,1H3,(H,17,19). The van der Waals surface area contributed by atoms with E-state index in [-0.39, 0.29) is 17.7 Å². The Balaban J connectivity index is 1.82. The third-order valence-electron chi connectivity index (χ3n) is 3.53. The highest BCUT2D eigenvalue weighted by Gasteiger charge is 2.21. The van der Waals surface area contributed by atoms with Crippen LogP contribution in [0.25, 0.3) is 0 Å². The Kier molecular flexibility index (Phi) is 5.54. The fourth-order valence-corrected chi connectivity index (χ4v) is 2.81. The first-order chi connectivity index (χ1) is 9.54. The highest BCUT2D eigenvalue weighted by molar-refractivity contribution is 14.1. The van der Waals surface area contributed by atoms with Gasteiger partial charge in [0.05, 0.1) is 6.54 Å². The van der Waals surface area contributed by atoms with Crippen molar-refractivity contribution in [2.24, 2.45) is 0 Å². The number of likely N-dealkylation sites (tertiary alicyclic amines) is 1. The maximum atomic E-state index is 12.2. The molecule has 1 fully saturated rings. The van der Waals surface area contributed by atoms with Crippen LogP contribution >= 0.6 is 22.6 Å². The zero-order valence-electron chi connectivity index (χ0n) is 11.6. The van der Waals surface area contributed by atoms with Gasteiger partial charge in [-0.15, -0.1) is 0 Å². The number of ketones is 1. The fraction of sp³-hybridized carbons (Fsp3) is 0.467. The SMILES string of the molecule is CC(=O)NC1CCN(CC(=O)c2ccc(I)cc2)CC1. The van der Waals surface area contributed by atoms with Crippen LogP contribution in [0.5, 0.6) is 0 Å². The number of carbonyl (C=O) groups is 2. The van der Waals surface area contributed by atoms with E-state index >= 15 is 0 Å². The lowest BCUT2D eigenvalue weighted by molar-refractivity contribution is -0.119. The van der Waals surface area contributed by atoms with Crippen molar-refractivity contribution in [3.8, 4) is 0 Å². The quantitative estimate of drug-likeness (QED) is 0.637. The van der Waals surface area contributed by atoms with Gasteiger partial charge in [0, 0.05) is 35.2 Å². The highest BCUT2D eigenvalue weighted by atomic mass is 127. The summed E-state index contributed by atoms with van der Waals surface area (Å²) >= 11 is 2.23. The summed E-state index contributed by atoms with van der Waals surface area (Å²) in [5.41, 5.74) is 0.773. The molecule has 0 spiro atoms. The maximum Gasteiger partial charge on any atom is 0.217 e. The molecule has 1 N–H and O–H groups in total. The molecule has 0 saturated carbocycles. The summed E-state index contributed by atoms with van der Waals surface area (Å²) in [6, 6.07) is 7.94. The van der Waals surface area contributed by atoms with Gasteiger partial charge in [-0.3, -0.25) is 14.5 Å². The number of amides is 1. The van der Waals surface area contributed by atoms with E-state index in [2.05, 4.69) is 32.8 Å². The molecule has 0 aliphatic carbocycles. The number of halogens is 1. The monoisotopic (exact) mass is 386 g/mol. The Labute approximate surface area is 133 Å². The van der Waals surface area contributed by atoms with E-state index in [0.29, 0.717) is 6.54 Å². The van der Waals surface area contributed by atoms with Gasteiger partial charge < -0.3 is 5.32 Å². The zero-order valence-corrected chi connectivity index (χ0v) is 13.7. The van der Waals surface area contributed by atoms with Crippen LogP contribution in [0.3, 0.4) is 0 Å². The van der Waals surface area contributed by atoms with Gasteiger partial charge in [0.15, 0.2) is 5.78 Å². The molecule has 5 heteroatoms. The minimum atomic E-state index is 0.0263. The number of nitrogens with zero attached hydrogens (tertiary/aromatic N) is 1. The summed E-state index contributed by atoms with van der Waals surface area (Å²) in [6.45, 7) is 3.74. The van der Waals surface area contributed by atoms with Crippen LogP contribution in [-0.4, -0.2) is 42.3 Å². The fourth-order valence-electron chi connectivity index (χ4n) is 2.45. The normalized spacial score (nSPS) is 16.9. The molecular weight excluding hydrogens is 367 g/mol. The number of Topliss-reactive ketones (excluding diaryl/α,β-unsaturated/α-hetero) is 1. The minimum Gasteiger partial charge on any atom is -0.354 e. The molecule has 0 unspecified atom stereocenters. The van der Waals surface area contributed by atoms with Crippen molar-refractivity contribution in [3.63, 3.8) is 0 Å². The van der Waals surface area contributed by atoms with Crippen molar-refractivity contribution in [1.29, 1.82) is 0 Å². The number of piperidine rings is 1. The van der Waals surface area contributed by atoms with Crippen molar-refractivity contribution >= 4 is 34.3 Å². The van der Waals surface area contributed by atoms with Gasteiger partial charge in [-0.25, -0.2) is 0 Å². The zero-order chi connectivity index (χ0) is 14.5. The Morgan fingerprint density at radius 1 is 1.25 bits per heavy atom. The predicted octanol–water partition coefficient (Wildman–Crippen LogP) is 2.07. The number of benzene rings is 1. The van der Waals surface area contributed by atoms with E-state index in [1.165, 1.54) is 0 Å². The lowest BCUT2D eigenvalue weighted by atomic mass is 10.0. The summed E-state index contributed by atoms with van der Waals surface area (Å²) in [6.07, 6.45) is 1.83. The Bertz CT molecular complexity index is 479. The van der Waals surface area contributed by atoms with Crippen LogP contribution in [0.15, 0.2) is 24.3 Å². The van der Waals surface area contributed by atoms with Gasteiger partial charge in [-0.05, 0) is 47.6 Å². The largest absolute Gasteiger partial charge is 0.354 e. The van der Waals surface area contributed by atoms with Crippen LogP contribution in [0, 0.1) is 3.57 Å². The van der Waals surface area contributed by atoms with Crippen molar-refractivity contribution in [1.82, 2.24) is 10.2 Å². The second-order valence-corrected chi connectivity index (χ2v) is 6.43. The van der Waals surface area contributed by atoms with Crippen molar-refractivity contribution in [3.05, 3.63) is 33.4 Å². The van der Waals surface area contributed by atoms with Crippen molar-refractivity contribution in [2.45, 2.75) is 25.8 Å². The molecule has 108 valence electrons. The molecule has 1 saturated heterocycles. The summed E-state index contributed by atoms with van der Waals surface area (Å²) in [5.74, 6) is 0.192. The molecule has 0 atom stereocenters. The van der Waals surface area contributed by atoms with E-state index in [1.54, 1.807) is 6.92 Å². The summed E-state index contributed by atoms with van der Waals surface area (Å²) in [7, 11) is 0. The van der Waals surface area contributed by atoms with Gasteiger partial charge in [0.2, 0.25) is 5.91 Å². The Morgan fingerprint density at radius 3 is 2.40 bits per heavy atom. The molecule has 0 bridgehead atoms. The number of rotatable bonds is 4. The first-order valence-electron chi connectivity index (χ1n) is 6.83. The number of nitrogens with one attached hydrogen (secondary N) is 1. The van der Waals surface area contributed by atoms with Gasteiger partial charge in [0.1, 0.15) is 0 Å². The second-order valence-electron chi connectivity index (χ2n) is 5.18. The number of carbonyl (C=O) groups excluding carboxylic acids is 2. The third kappa shape index (κ3) is 4.56. The van der Waals surface area contributed by atoms with Gasteiger partial charge >= 0.3 is 0 Å². The molecule has 1 aromatic rings. The molecule has 20 heavy (non-hydrogen) atoms. The van der Waals surface area contributed by atoms with E-state index in [9.17, 15) is 9.59 Å². The van der Waals surface area contributed by atoms with Gasteiger partial charge in [-0.1, -0.05) is 12.1 Å². The van der Waals surface area contributed by atoms with E-state index < -0.39 is 0 Å². The summed E-state index contributed by atoms with van der Waals surface area (Å²) in [5, 5.41) is 2.94. The molecule has 0 aromatic heterocycles. The first-order valence-corrected chi connectivity index (χ1v) is 7.90. The molecular formula is C15H19IN2O2. The van der Waals surface area contributed by atoms with Crippen molar-refractivity contribution in [2.75, 3.05) is 19.6 Å². The second kappa shape index (κ2) is 7.17. The number of hydrogen-bond acceptors (Lipinski definition) is 3. The lowest BCUT2D eigenvalue weighted by Crippen LogP contribution is -2.45. The van der Waals surface area contributed by atoms with Crippen LogP contribution in [0.1, 0.15) is 30.1 Å². The third-order valence-corrected chi connectivity index (χ3v) is 4.25. The van der Waals surface area contributed by atoms with E-state index in [1.807, 2.05) is 24.3 Å². The molecule has 1 aliphatic rings. The van der Waals surface area contributed by atoms with Crippen LogP contribution < -0.4 is 5.32 Å². The topological polar surface area (TPSA) is 49.4 Å². The van der Waals surface area contributed by atoms with E-state index in [4.69, 9.17) is 0 Å². The van der Waals surface area contributed by atoms with Gasteiger partial charge in [0.25, 0.3) is 0 Å². The molecule has 4 nitrogen and oxygen atoms in total. The highest BCUT2D eigenvalue weighted by Crippen LogP contribution is 2.12. The predicted molar refractivity (Wildman–Crippen MR) is 86.8 cm³/mol. The van der Waals surface area contributed by atoms with Crippen molar-refractivity contribution < 1.29 is 9.59 Å². The van der Waals surface area contributed by atoms with Gasteiger partial charge in [-0.2, -0.15) is 0 Å². The molecule has 1 amide bonds. The van der Waals surface area contributed by atoms with Crippen LogP contribution in [-0.2, 0) is 4.79 Å². The molecule has 1 heterocycles. The summed E-state index contributed by atoms with van der Waals surface area (Å²) < 4.78 is 1.13. The Hall–Kier alpha value is -0.950. The maximum absolute atomic E-state index is 12.2. The molecule has 1 aliphatic heterocycles. The molecule has 0 radical (unpaired) electrons. The van der Waals surface area contributed by atoms with Crippen LogP contribution in [0.2, 0.25) is 0 Å². The number of hydrogen-bond donors (Lipinski definition) is 1. The average molecular weight is 386 g/mol. The van der Waals surface area contributed by atoms with Crippen LogP contribution in [0.4, 0.5) is 0 Å². The minimum absolute atomic E-state index is 0.0263. The average Bonchev–Trinajstić information content (AvgIpc) is 2.41. The molecule has 1 aromatic carbocycles. The first kappa shape index (κ1) is 15.4. The lowest BCUT2D eigenvalue weighted by Gasteiger charge is -2.31. The van der Waals surface area contributed by atoms with E-state index in [0.717, 1.165) is 35.1 Å².